The lowest BCUT2D eigenvalue weighted by molar-refractivity contribution is 0.0807. The standard InChI is InChI=1S/C19H30N4O.ClH/c1-22-10-8-18(9-11-22)23-12-6-17(7-13-23)21-19(24)16-4-2-15(14-20)3-5-16;/h2-5,17-18H,6-14,20H2,1H3,(H,21,24);1H. The molecule has 0 aliphatic carbocycles. The molecular weight excluding hydrogens is 336 g/mol. The molecule has 6 heteroatoms. The van der Waals surface area contributed by atoms with Gasteiger partial charge < -0.3 is 20.9 Å². The Morgan fingerprint density at radius 2 is 1.68 bits per heavy atom. The Hall–Kier alpha value is -1.14. The van der Waals surface area contributed by atoms with Gasteiger partial charge in [0.25, 0.3) is 5.91 Å². The first kappa shape index (κ1) is 20.2. The summed E-state index contributed by atoms with van der Waals surface area (Å²) in [4.78, 5) is 17.4. The highest BCUT2D eigenvalue weighted by atomic mass is 35.5. The second-order valence-corrected chi connectivity index (χ2v) is 7.22. The number of piperidine rings is 2. The van der Waals surface area contributed by atoms with Gasteiger partial charge in [-0.3, -0.25) is 4.79 Å². The molecule has 5 nitrogen and oxygen atoms in total. The molecule has 1 amide bonds. The molecule has 0 atom stereocenters. The molecule has 2 aliphatic rings. The average Bonchev–Trinajstić information content (AvgIpc) is 2.63. The maximum Gasteiger partial charge on any atom is 0.251 e. The molecule has 2 aliphatic heterocycles. The Bertz CT molecular complexity index is 535. The van der Waals surface area contributed by atoms with Gasteiger partial charge in [-0.15, -0.1) is 12.4 Å². The Balaban J connectivity index is 0.00000225. The molecule has 25 heavy (non-hydrogen) atoms. The van der Waals surface area contributed by atoms with Crippen molar-refractivity contribution in [2.75, 3.05) is 33.2 Å². The minimum atomic E-state index is 0. The third kappa shape index (κ3) is 5.42. The summed E-state index contributed by atoms with van der Waals surface area (Å²) in [5.74, 6) is 0.0383. The molecule has 0 unspecified atom stereocenters. The smallest absolute Gasteiger partial charge is 0.251 e. The summed E-state index contributed by atoms with van der Waals surface area (Å²) in [5.41, 5.74) is 7.38. The zero-order valence-corrected chi connectivity index (χ0v) is 15.9. The van der Waals surface area contributed by atoms with Crippen molar-refractivity contribution < 1.29 is 4.79 Å². The van der Waals surface area contributed by atoms with E-state index in [1.807, 2.05) is 24.3 Å². The summed E-state index contributed by atoms with van der Waals surface area (Å²) in [7, 11) is 2.21. The maximum atomic E-state index is 12.4. The van der Waals surface area contributed by atoms with Crippen molar-refractivity contribution in [3.63, 3.8) is 0 Å². The van der Waals surface area contributed by atoms with Gasteiger partial charge in [0, 0.05) is 37.3 Å². The molecule has 0 spiro atoms. The largest absolute Gasteiger partial charge is 0.349 e. The van der Waals surface area contributed by atoms with Gasteiger partial charge in [0.1, 0.15) is 0 Å². The first-order chi connectivity index (χ1) is 11.7. The molecule has 0 aromatic heterocycles. The lowest BCUT2D eigenvalue weighted by atomic mass is 9.98. The van der Waals surface area contributed by atoms with Gasteiger partial charge in [0.2, 0.25) is 0 Å². The second kappa shape index (κ2) is 9.53. The third-order valence-electron chi connectivity index (χ3n) is 5.52. The zero-order valence-electron chi connectivity index (χ0n) is 15.1. The molecule has 2 heterocycles. The van der Waals surface area contributed by atoms with Crippen LogP contribution in [0.1, 0.15) is 41.6 Å². The van der Waals surface area contributed by atoms with Crippen LogP contribution in [0.2, 0.25) is 0 Å². The second-order valence-electron chi connectivity index (χ2n) is 7.22. The fraction of sp³-hybridized carbons (Fsp3) is 0.632. The quantitative estimate of drug-likeness (QED) is 0.853. The fourth-order valence-corrected chi connectivity index (χ4v) is 3.83. The molecule has 0 saturated carbocycles. The zero-order chi connectivity index (χ0) is 16.9. The Kier molecular flexibility index (Phi) is 7.69. The van der Waals surface area contributed by atoms with Crippen LogP contribution in [0, 0.1) is 0 Å². The summed E-state index contributed by atoms with van der Waals surface area (Å²) in [6.45, 7) is 5.13. The Morgan fingerprint density at radius 3 is 2.24 bits per heavy atom. The van der Waals surface area contributed by atoms with Crippen molar-refractivity contribution in [1.29, 1.82) is 0 Å². The van der Waals surface area contributed by atoms with Gasteiger partial charge >= 0.3 is 0 Å². The van der Waals surface area contributed by atoms with E-state index in [4.69, 9.17) is 5.73 Å². The number of likely N-dealkylation sites (tertiary alicyclic amines) is 2. The lowest BCUT2D eigenvalue weighted by Crippen LogP contribution is -2.50. The number of carbonyl (C=O) groups excluding carboxylic acids is 1. The molecule has 2 fully saturated rings. The van der Waals surface area contributed by atoms with E-state index in [0.29, 0.717) is 12.6 Å². The molecule has 1 aromatic rings. The number of rotatable bonds is 4. The topological polar surface area (TPSA) is 61.6 Å². The number of hydrogen-bond donors (Lipinski definition) is 2. The highest BCUT2D eigenvalue weighted by Crippen LogP contribution is 2.20. The van der Waals surface area contributed by atoms with Crippen LogP contribution in [0.15, 0.2) is 24.3 Å². The molecule has 0 radical (unpaired) electrons. The average molecular weight is 367 g/mol. The predicted molar refractivity (Wildman–Crippen MR) is 104 cm³/mol. The number of hydrogen-bond acceptors (Lipinski definition) is 4. The van der Waals surface area contributed by atoms with E-state index in [-0.39, 0.29) is 18.3 Å². The van der Waals surface area contributed by atoms with Crippen LogP contribution < -0.4 is 11.1 Å². The molecule has 0 bridgehead atoms. The van der Waals surface area contributed by atoms with Crippen molar-refractivity contribution in [3.8, 4) is 0 Å². The fourth-order valence-electron chi connectivity index (χ4n) is 3.83. The van der Waals surface area contributed by atoms with Crippen LogP contribution in [-0.4, -0.2) is 61.0 Å². The van der Waals surface area contributed by atoms with Crippen molar-refractivity contribution in [2.24, 2.45) is 5.73 Å². The van der Waals surface area contributed by atoms with Crippen LogP contribution >= 0.6 is 12.4 Å². The van der Waals surface area contributed by atoms with Crippen LogP contribution in [0.3, 0.4) is 0 Å². The van der Waals surface area contributed by atoms with Gasteiger partial charge in [-0.25, -0.2) is 0 Å². The van der Waals surface area contributed by atoms with Gasteiger partial charge in [-0.05, 0) is 63.5 Å². The molecule has 3 N–H and O–H groups in total. The van der Waals surface area contributed by atoms with Crippen molar-refractivity contribution in [3.05, 3.63) is 35.4 Å². The first-order valence-electron chi connectivity index (χ1n) is 9.18. The first-order valence-corrected chi connectivity index (χ1v) is 9.18. The van der Waals surface area contributed by atoms with Crippen molar-refractivity contribution in [2.45, 2.75) is 44.3 Å². The summed E-state index contributed by atoms with van der Waals surface area (Å²) >= 11 is 0. The highest BCUT2D eigenvalue weighted by Gasteiger charge is 2.27. The predicted octanol–water partition coefficient (Wildman–Crippen LogP) is 1.86. The van der Waals surface area contributed by atoms with E-state index in [1.165, 1.54) is 25.9 Å². The highest BCUT2D eigenvalue weighted by molar-refractivity contribution is 5.94. The summed E-state index contributed by atoms with van der Waals surface area (Å²) < 4.78 is 0. The number of amides is 1. The SMILES string of the molecule is CN1CCC(N2CCC(NC(=O)c3ccc(CN)cc3)CC2)CC1.Cl. The van der Waals surface area contributed by atoms with E-state index in [1.54, 1.807) is 0 Å². The number of halogens is 1. The number of nitrogens with two attached hydrogens (primary N) is 1. The van der Waals surface area contributed by atoms with Crippen LogP contribution in [0.4, 0.5) is 0 Å². The van der Waals surface area contributed by atoms with Crippen molar-refractivity contribution >= 4 is 18.3 Å². The number of nitrogens with zero attached hydrogens (tertiary/aromatic N) is 2. The van der Waals surface area contributed by atoms with Gasteiger partial charge in [-0.1, -0.05) is 12.1 Å². The summed E-state index contributed by atoms with van der Waals surface area (Å²) in [6, 6.07) is 8.63. The van der Waals surface area contributed by atoms with E-state index >= 15 is 0 Å². The number of benzene rings is 1. The maximum absolute atomic E-state index is 12.4. The minimum Gasteiger partial charge on any atom is -0.349 e. The summed E-state index contributed by atoms with van der Waals surface area (Å²) in [6.07, 6.45) is 4.67. The van der Waals surface area contributed by atoms with E-state index in [0.717, 1.165) is 43.1 Å². The molecule has 2 saturated heterocycles. The van der Waals surface area contributed by atoms with Crippen molar-refractivity contribution in [1.82, 2.24) is 15.1 Å². The van der Waals surface area contributed by atoms with Gasteiger partial charge in [0.15, 0.2) is 0 Å². The molecular formula is C19H31ClN4O. The number of nitrogens with one attached hydrogen (secondary N) is 1. The Labute approximate surface area is 157 Å². The van der Waals surface area contributed by atoms with E-state index in [2.05, 4.69) is 22.2 Å². The van der Waals surface area contributed by atoms with Gasteiger partial charge in [0.05, 0.1) is 0 Å². The van der Waals surface area contributed by atoms with Crippen LogP contribution in [0.25, 0.3) is 0 Å². The molecule has 1 aromatic carbocycles. The Morgan fingerprint density at radius 1 is 1.08 bits per heavy atom. The van der Waals surface area contributed by atoms with E-state index in [9.17, 15) is 4.79 Å². The normalized spacial score (nSPS) is 20.9. The number of carbonyl (C=O) groups is 1. The molecule has 140 valence electrons. The minimum absolute atomic E-state index is 0. The third-order valence-corrected chi connectivity index (χ3v) is 5.52. The lowest BCUT2D eigenvalue weighted by Gasteiger charge is -2.41. The van der Waals surface area contributed by atoms with Crippen LogP contribution in [-0.2, 0) is 6.54 Å². The van der Waals surface area contributed by atoms with Gasteiger partial charge in [-0.2, -0.15) is 0 Å². The summed E-state index contributed by atoms with van der Waals surface area (Å²) in [5, 5.41) is 3.20. The van der Waals surface area contributed by atoms with Crippen LogP contribution in [0.5, 0.6) is 0 Å². The monoisotopic (exact) mass is 366 g/mol. The van der Waals surface area contributed by atoms with E-state index < -0.39 is 0 Å². The molecule has 3 rings (SSSR count).